The Kier molecular flexibility index (Phi) is 3.09. The molecule has 0 saturated carbocycles. The van der Waals surface area contributed by atoms with Gasteiger partial charge in [0.25, 0.3) is 0 Å². The monoisotopic (exact) mass is 254 g/mol. The lowest BCUT2D eigenvalue weighted by molar-refractivity contribution is 0.728. The first-order chi connectivity index (χ1) is 8.84. The second-order valence-electron chi connectivity index (χ2n) is 4.36. The number of thiophene rings is 1. The number of nitrogens with zero attached hydrogens (tertiary/aromatic N) is 1. The van der Waals surface area contributed by atoms with Crippen LogP contribution in [0.25, 0.3) is 10.1 Å². The maximum Gasteiger partial charge on any atom is 0.0350 e. The Hall–Kier alpha value is -1.71. The zero-order valence-corrected chi connectivity index (χ0v) is 10.7. The van der Waals surface area contributed by atoms with Gasteiger partial charge in [0.1, 0.15) is 0 Å². The number of fused-ring (bicyclic) bond motifs is 1. The molecular formula is C15H14N2S. The Bertz CT molecular complexity index is 646. The molecule has 2 heterocycles. The standard InChI is InChI=1S/C15H14N2S/c16-14(8-11-4-3-7-17-9-11)13-10-18-15-6-2-1-5-12(13)15/h1-7,9-10,14H,8,16H2. The zero-order valence-electron chi connectivity index (χ0n) is 9.91. The molecule has 1 unspecified atom stereocenters. The predicted octanol–water partition coefficient (Wildman–Crippen LogP) is 3.54. The number of benzene rings is 1. The fraction of sp³-hybridized carbons (Fsp3) is 0.133. The van der Waals surface area contributed by atoms with E-state index >= 15 is 0 Å². The lowest BCUT2D eigenvalue weighted by Crippen LogP contribution is -2.12. The molecule has 0 radical (unpaired) electrons. The van der Waals surface area contributed by atoms with Crippen molar-refractivity contribution >= 4 is 21.4 Å². The second-order valence-corrected chi connectivity index (χ2v) is 5.27. The molecule has 90 valence electrons. The molecular weight excluding hydrogens is 240 g/mol. The predicted molar refractivity (Wildman–Crippen MR) is 76.7 cm³/mol. The summed E-state index contributed by atoms with van der Waals surface area (Å²) >= 11 is 1.76. The maximum atomic E-state index is 6.32. The van der Waals surface area contributed by atoms with Gasteiger partial charge in [0.15, 0.2) is 0 Å². The van der Waals surface area contributed by atoms with Crippen molar-refractivity contribution in [2.24, 2.45) is 5.73 Å². The Morgan fingerprint density at radius 2 is 2.06 bits per heavy atom. The first kappa shape index (κ1) is 11.4. The van der Waals surface area contributed by atoms with Gasteiger partial charge in [-0.05, 0) is 40.4 Å². The van der Waals surface area contributed by atoms with Crippen LogP contribution in [-0.4, -0.2) is 4.98 Å². The summed E-state index contributed by atoms with van der Waals surface area (Å²) in [6.07, 6.45) is 4.50. The van der Waals surface area contributed by atoms with E-state index in [-0.39, 0.29) is 6.04 Å². The highest BCUT2D eigenvalue weighted by molar-refractivity contribution is 7.17. The molecule has 1 atom stereocenters. The normalized spacial score (nSPS) is 12.7. The molecule has 3 aromatic rings. The van der Waals surface area contributed by atoms with Gasteiger partial charge in [0, 0.05) is 23.1 Å². The van der Waals surface area contributed by atoms with Crippen molar-refractivity contribution in [1.82, 2.24) is 4.98 Å². The van der Waals surface area contributed by atoms with Crippen LogP contribution in [0.2, 0.25) is 0 Å². The summed E-state index contributed by atoms with van der Waals surface area (Å²) in [5.74, 6) is 0. The molecule has 3 rings (SSSR count). The van der Waals surface area contributed by atoms with Crippen molar-refractivity contribution in [3.8, 4) is 0 Å². The quantitative estimate of drug-likeness (QED) is 0.776. The van der Waals surface area contributed by atoms with Crippen LogP contribution in [0, 0.1) is 0 Å². The molecule has 1 aromatic carbocycles. The highest BCUT2D eigenvalue weighted by Gasteiger charge is 2.12. The number of rotatable bonds is 3. The van der Waals surface area contributed by atoms with E-state index in [4.69, 9.17) is 5.73 Å². The number of hydrogen-bond donors (Lipinski definition) is 1. The van der Waals surface area contributed by atoms with Gasteiger partial charge in [0.05, 0.1) is 0 Å². The number of aromatic nitrogens is 1. The third-order valence-corrected chi connectivity index (χ3v) is 4.07. The van der Waals surface area contributed by atoms with E-state index in [1.54, 1.807) is 17.5 Å². The van der Waals surface area contributed by atoms with Gasteiger partial charge < -0.3 is 5.73 Å². The van der Waals surface area contributed by atoms with E-state index in [2.05, 4.69) is 40.7 Å². The van der Waals surface area contributed by atoms with Crippen LogP contribution in [0.15, 0.2) is 54.2 Å². The van der Waals surface area contributed by atoms with E-state index in [9.17, 15) is 0 Å². The lowest BCUT2D eigenvalue weighted by atomic mass is 10.0. The third kappa shape index (κ3) is 2.15. The minimum atomic E-state index is 0.0327. The largest absolute Gasteiger partial charge is 0.324 e. The Morgan fingerprint density at radius 3 is 2.89 bits per heavy atom. The van der Waals surface area contributed by atoms with Crippen molar-refractivity contribution in [3.63, 3.8) is 0 Å². The Balaban J connectivity index is 1.90. The number of nitrogens with two attached hydrogens (primary N) is 1. The van der Waals surface area contributed by atoms with Gasteiger partial charge in [-0.3, -0.25) is 4.98 Å². The van der Waals surface area contributed by atoms with E-state index in [1.165, 1.54) is 21.2 Å². The fourth-order valence-electron chi connectivity index (χ4n) is 2.17. The summed E-state index contributed by atoms with van der Waals surface area (Å²) in [6.45, 7) is 0. The highest BCUT2D eigenvalue weighted by Crippen LogP contribution is 2.30. The molecule has 0 saturated heterocycles. The van der Waals surface area contributed by atoms with Crippen molar-refractivity contribution in [1.29, 1.82) is 0 Å². The van der Waals surface area contributed by atoms with Crippen LogP contribution in [-0.2, 0) is 6.42 Å². The molecule has 18 heavy (non-hydrogen) atoms. The van der Waals surface area contributed by atoms with Crippen LogP contribution in [0.3, 0.4) is 0 Å². The van der Waals surface area contributed by atoms with E-state index < -0.39 is 0 Å². The van der Waals surface area contributed by atoms with Crippen LogP contribution in [0.5, 0.6) is 0 Å². The molecule has 2 nitrogen and oxygen atoms in total. The van der Waals surface area contributed by atoms with E-state index in [1.807, 2.05) is 12.3 Å². The number of pyridine rings is 1. The average Bonchev–Trinajstić information content (AvgIpc) is 2.84. The molecule has 3 heteroatoms. The minimum absolute atomic E-state index is 0.0327. The summed E-state index contributed by atoms with van der Waals surface area (Å²) in [5, 5.41) is 3.45. The highest BCUT2D eigenvalue weighted by atomic mass is 32.1. The first-order valence-electron chi connectivity index (χ1n) is 5.95. The maximum absolute atomic E-state index is 6.32. The molecule has 0 fully saturated rings. The molecule has 0 spiro atoms. The van der Waals surface area contributed by atoms with Gasteiger partial charge in [-0.1, -0.05) is 24.3 Å². The van der Waals surface area contributed by atoms with Crippen LogP contribution in [0.4, 0.5) is 0 Å². The smallest absolute Gasteiger partial charge is 0.0350 e. The van der Waals surface area contributed by atoms with Crippen molar-refractivity contribution in [3.05, 3.63) is 65.3 Å². The van der Waals surface area contributed by atoms with Crippen molar-refractivity contribution < 1.29 is 0 Å². The van der Waals surface area contributed by atoms with Gasteiger partial charge in [-0.15, -0.1) is 11.3 Å². The van der Waals surface area contributed by atoms with Gasteiger partial charge in [-0.25, -0.2) is 0 Å². The Morgan fingerprint density at radius 1 is 1.17 bits per heavy atom. The summed E-state index contributed by atoms with van der Waals surface area (Å²) in [4.78, 5) is 4.13. The summed E-state index contributed by atoms with van der Waals surface area (Å²) in [5.41, 5.74) is 8.73. The topological polar surface area (TPSA) is 38.9 Å². The summed E-state index contributed by atoms with van der Waals surface area (Å²) in [6, 6.07) is 12.5. The molecule has 0 bridgehead atoms. The molecule has 2 N–H and O–H groups in total. The lowest BCUT2D eigenvalue weighted by Gasteiger charge is -2.10. The zero-order chi connectivity index (χ0) is 12.4. The van der Waals surface area contributed by atoms with Crippen LogP contribution in [0.1, 0.15) is 17.2 Å². The third-order valence-electron chi connectivity index (χ3n) is 3.09. The SMILES string of the molecule is NC(Cc1cccnc1)c1csc2ccccc12. The second kappa shape index (κ2) is 4.88. The van der Waals surface area contributed by atoms with Gasteiger partial charge >= 0.3 is 0 Å². The van der Waals surface area contributed by atoms with E-state index in [0.717, 1.165) is 6.42 Å². The average molecular weight is 254 g/mol. The molecule has 0 aliphatic carbocycles. The van der Waals surface area contributed by atoms with Crippen LogP contribution < -0.4 is 5.73 Å². The summed E-state index contributed by atoms with van der Waals surface area (Å²) in [7, 11) is 0. The van der Waals surface area contributed by atoms with Gasteiger partial charge in [0.2, 0.25) is 0 Å². The van der Waals surface area contributed by atoms with Crippen LogP contribution >= 0.6 is 11.3 Å². The molecule has 0 aliphatic heterocycles. The summed E-state index contributed by atoms with van der Waals surface area (Å²) < 4.78 is 1.30. The van der Waals surface area contributed by atoms with Crippen molar-refractivity contribution in [2.75, 3.05) is 0 Å². The fourth-order valence-corrected chi connectivity index (χ4v) is 3.19. The van der Waals surface area contributed by atoms with E-state index in [0.29, 0.717) is 0 Å². The molecule has 0 amide bonds. The number of hydrogen-bond acceptors (Lipinski definition) is 3. The minimum Gasteiger partial charge on any atom is -0.324 e. The Labute approximate surface area is 110 Å². The van der Waals surface area contributed by atoms with Crippen molar-refractivity contribution in [2.45, 2.75) is 12.5 Å². The molecule has 2 aromatic heterocycles. The molecule has 0 aliphatic rings. The van der Waals surface area contributed by atoms with Gasteiger partial charge in [-0.2, -0.15) is 0 Å². The first-order valence-corrected chi connectivity index (χ1v) is 6.83.